The monoisotopic (exact) mass is 403 g/mol. The number of likely N-dealkylation sites (tertiary alicyclic amines) is 1. The Bertz CT molecular complexity index is 949. The number of rotatable bonds is 3. The summed E-state index contributed by atoms with van der Waals surface area (Å²) < 4.78 is 28.0. The van der Waals surface area contributed by atoms with Gasteiger partial charge in [-0.3, -0.25) is 24.4 Å². The van der Waals surface area contributed by atoms with Gasteiger partial charge in [0.05, 0.1) is 23.5 Å². The van der Waals surface area contributed by atoms with Gasteiger partial charge in [0.1, 0.15) is 0 Å². The molecule has 0 aliphatic carbocycles. The zero-order valence-electron chi connectivity index (χ0n) is 15.6. The number of hydrogen-bond donors (Lipinski definition) is 2. The van der Waals surface area contributed by atoms with E-state index in [1.165, 1.54) is 24.7 Å². The molecule has 0 aromatic carbocycles. The molecule has 3 heterocycles. The van der Waals surface area contributed by atoms with E-state index in [2.05, 4.69) is 15.3 Å². The van der Waals surface area contributed by atoms with E-state index in [9.17, 15) is 23.2 Å². The summed E-state index contributed by atoms with van der Waals surface area (Å²) in [6.07, 6.45) is 2.74. The lowest BCUT2D eigenvalue weighted by Gasteiger charge is -2.39. The van der Waals surface area contributed by atoms with E-state index in [1.807, 2.05) is 0 Å². The van der Waals surface area contributed by atoms with Crippen molar-refractivity contribution >= 4 is 23.4 Å². The van der Waals surface area contributed by atoms with Gasteiger partial charge in [-0.15, -0.1) is 0 Å². The first-order chi connectivity index (χ1) is 13.7. The van der Waals surface area contributed by atoms with Gasteiger partial charge in [0.2, 0.25) is 5.91 Å². The van der Waals surface area contributed by atoms with Crippen LogP contribution in [0.2, 0.25) is 0 Å². The standard InChI is InChI=1S/C19H19F2N5O3/c1-11-2-3-12(9-24-11)15-7-19(20,21)4-5-26(15)18(29)17(28)25-14-6-13(16(22)27)8-23-10-14/h2-3,6,8-10,15H,4-5,7H2,1H3,(H2,22,27)(H,25,28)/t15-/m0/s1. The van der Waals surface area contributed by atoms with Gasteiger partial charge in [-0.2, -0.15) is 0 Å². The molecule has 29 heavy (non-hydrogen) atoms. The second kappa shape index (κ2) is 7.90. The van der Waals surface area contributed by atoms with Gasteiger partial charge in [0.15, 0.2) is 0 Å². The van der Waals surface area contributed by atoms with Crippen LogP contribution in [-0.2, 0) is 9.59 Å². The minimum absolute atomic E-state index is 0.0523. The van der Waals surface area contributed by atoms with Crippen molar-refractivity contribution in [2.75, 3.05) is 11.9 Å². The van der Waals surface area contributed by atoms with Crippen molar-refractivity contribution in [3.8, 4) is 0 Å². The van der Waals surface area contributed by atoms with Gasteiger partial charge >= 0.3 is 11.8 Å². The smallest absolute Gasteiger partial charge is 0.313 e. The zero-order chi connectivity index (χ0) is 21.2. The fraction of sp³-hybridized carbons (Fsp3) is 0.316. The van der Waals surface area contributed by atoms with Crippen LogP contribution >= 0.6 is 0 Å². The van der Waals surface area contributed by atoms with Crippen LogP contribution in [0.15, 0.2) is 36.8 Å². The molecule has 0 bridgehead atoms. The molecular formula is C19H19F2N5O3. The third-order valence-corrected chi connectivity index (χ3v) is 4.64. The normalized spacial score (nSPS) is 18.2. The van der Waals surface area contributed by atoms with E-state index < -0.39 is 42.5 Å². The largest absolute Gasteiger partial charge is 0.366 e. The summed E-state index contributed by atoms with van der Waals surface area (Å²) in [6.45, 7) is 1.47. The molecule has 0 radical (unpaired) electrons. The molecule has 1 fully saturated rings. The number of aromatic nitrogens is 2. The van der Waals surface area contributed by atoms with Crippen LogP contribution < -0.4 is 11.1 Å². The van der Waals surface area contributed by atoms with Crippen LogP contribution in [0.3, 0.4) is 0 Å². The van der Waals surface area contributed by atoms with E-state index >= 15 is 0 Å². The number of amides is 3. The molecule has 152 valence electrons. The first-order valence-electron chi connectivity index (χ1n) is 8.83. The van der Waals surface area contributed by atoms with E-state index in [0.29, 0.717) is 11.3 Å². The Morgan fingerprint density at radius 2 is 2.00 bits per heavy atom. The number of hydrogen-bond acceptors (Lipinski definition) is 5. The number of halogens is 2. The predicted molar refractivity (Wildman–Crippen MR) is 99.0 cm³/mol. The van der Waals surface area contributed by atoms with Gasteiger partial charge in [0, 0.05) is 37.5 Å². The molecule has 1 saturated heterocycles. The molecule has 0 saturated carbocycles. The van der Waals surface area contributed by atoms with E-state index in [1.54, 1.807) is 19.1 Å². The fourth-order valence-corrected chi connectivity index (χ4v) is 3.11. The van der Waals surface area contributed by atoms with Crippen molar-refractivity contribution < 1.29 is 23.2 Å². The molecular weight excluding hydrogens is 384 g/mol. The molecule has 2 aromatic rings. The highest BCUT2D eigenvalue weighted by Gasteiger charge is 2.44. The Hall–Kier alpha value is -3.43. The fourth-order valence-electron chi connectivity index (χ4n) is 3.11. The van der Waals surface area contributed by atoms with Crippen LogP contribution in [0.1, 0.15) is 40.5 Å². The SMILES string of the molecule is Cc1ccc([C@@H]2CC(F)(F)CCN2C(=O)C(=O)Nc2cncc(C(N)=O)c2)cn1. The highest BCUT2D eigenvalue weighted by Crippen LogP contribution is 2.39. The maximum absolute atomic E-state index is 14.0. The van der Waals surface area contributed by atoms with Crippen molar-refractivity contribution in [3.05, 3.63) is 53.6 Å². The lowest BCUT2D eigenvalue weighted by atomic mass is 9.93. The molecule has 1 aliphatic rings. The van der Waals surface area contributed by atoms with Gasteiger partial charge in [0.25, 0.3) is 5.92 Å². The minimum atomic E-state index is -2.96. The average Bonchev–Trinajstić information content (AvgIpc) is 2.67. The Kier molecular flexibility index (Phi) is 5.53. The number of carbonyl (C=O) groups excluding carboxylic acids is 3. The molecule has 10 heteroatoms. The van der Waals surface area contributed by atoms with Crippen molar-refractivity contribution in [2.24, 2.45) is 5.73 Å². The molecule has 1 atom stereocenters. The number of nitrogens with one attached hydrogen (secondary N) is 1. The van der Waals surface area contributed by atoms with Crippen LogP contribution in [0.25, 0.3) is 0 Å². The van der Waals surface area contributed by atoms with Gasteiger partial charge in [-0.1, -0.05) is 6.07 Å². The summed E-state index contributed by atoms with van der Waals surface area (Å²) in [4.78, 5) is 45.4. The van der Waals surface area contributed by atoms with E-state index in [-0.39, 0.29) is 17.8 Å². The number of piperidine rings is 1. The van der Waals surface area contributed by atoms with Crippen LogP contribution in [0.4, 0.5) is 14.5 Å². The number of alkyl halides is 2. The molecule has 1 aliphatic heterocycles. The molecule has 2 aromatic heterocycles. The third kappa shape index (κ3) is 4.71. The lowest BCUT2D eigenvalue weighted by Crippen LogP contribution is -2.48. The quantitative estimate of drug-likeness (QED) is 0.758. The first-order valence-corrected chi connectivity index (χ1v) is 8.83. The summed E-state index contributed by atoms with van der Waals surface area (Å²) in [6, 6.07) is 3.56. The topological polar surface area (TPSA) is 118 Å². The minimum Gasteiger partial charge on any atom is -0.366 e. The van der Waals surface area contributed by atoms with Crippen molar-refractivity contribution in [1.82, 2.24) is 14.9 Å². The number of nitrogens with zero attached hydrogens (tertiary/aromatic N) is 3. The first kappa shape index (κ1) is 20.3. The number of nitrogens with two attached hydrogens (primary N) is 1. The van der Waals surface area contributed by atoms with Crippen molar-refractivity contribution in [1.29, 1.82) is 0 Å². The summed E-state index contributed by atoms with van der Waals surface area (Å²) in [5.41, 5.74) is 6.44. The lowest BCUT2D eigenvalue weighted by molar-refractivity contribution is -0.151. The van der Waals surface area contributed by atoms with E-state index in [0.717, 1.165) is 4.90 Å². The maximum atomic E-state index is 14.0. The Morgan fingerprint density at radius 1 is 1.24 bits per heavy atom. The number of carbonyl (C=O) groups is 3. The third-order valence-electron chi connectivity index (χ3n) is 4.64. The van der Waals surface area contributed by atoms with Gasteiger partial charge in [-0.05, 0) is 24.6 Å². The van der Waals surface area contributed by atoms with Crippen molar-refractivity contribution in [3.63, 3.8) is 0 Å². The number of anilines is 1. The number of primary amides is 1. The zero-order valence-corrected chi connectivity index (χ0v) is 15.6. The number of aryl methyl sites for hydroxylation is 1. The Morgan fingerprint density at radius 3 is 2.66 bits per heavy atom. The van der Waals surface area contributed by atoms with Crippen LogP contribution in [0, 0.1) is 6.92 Å². The Labute approximate surface area is 165 Å². The predicted octanol–water partition coefficient (Wildman–Crippen LogP) is 1.82. The maximum Gasteiger partial charge on any atom is 0.313 e. The van der Waals surface area contributed by atoms with Gasteiger partial charge < -0.3 is 16.0 Å². The summed E-state index contributed by atoms with van der Waals surface area (Å²) in [5, 5.41) is 2.33. The Balaban J connectivity index is 1.81. The van der Waals surface area contributed by atoms with Gasteiger partial charge in [-0.25, -0.2) is 8.78 Å². The number of pyridine rings is 2. The molecule has 0 spiro atoms. The summed E-state index contributed by atoms with van der Waals surface area (Å²) in [5.74, 6) is -5.69. The highest BCUT2D eigenvalue weighted by atomic mass is 19.3. The average molecular weight is 403 g/mol. The second-order valence-electron chi connectivity index (χ2n) is 6.84. The summed E-state index contributed by atoms with van der Waals surface area (Å²) >= 11 is 0. The van der Waals surface area contributed by atoms with E-state index in [4.69, 9.17) is 5.73 Å². The molecule has 3 rings (SSSR count). The molecule has 8 nitrogen and oxygen atoms in total. The van der Waals surface area contributed by atoms with Crippen LogP contribution in [0.5, 0.6) is 0 Å². The van der Waals surface area contributed by atoms with Crippen LogP contribution in [-0.4, -0.2) is 45.1 Å². The molecule has 3 N–H and O–H groups in total. The molecule has 0 unspecified atom stereocenters. The molecule has 3 amide bonds. The summed E-state index contributed by atoms with van der Waals surface area (Å²) in [7, 11) is 0. The van der Waals surface area contributed by atoms with Crippen molar-refractivity contribution in [2.45, 2.75) is 31.7 Å². The second-order valence-corrected chi connectivity index (χ2v) is 6.84. The highest BCUT2D eigenvalue weighted by molar-refractivity contribution is 6.39.